The molecule has 33 heavy (non-hydrogen) atoms. The van der Waals surface area contributed by atoms with Gasteiger partial charge in [-0.2, -0.15) is 0 Å². The van der Waals surface area contributed by atoms with Gasteiger partial charge in [0, 0.05) is 35.6 Å². The molecule has 0 fully saturated rings. The summed E-state index contributed by atoms with van der Waals surface area (Å²) in [6, 6.07) is 20.9. The van der Waals surface area contributed by atoms with Crippen LogP contribution in [0.4, 0.5) is 11.4 Å². The van der Waals surface area contributed by atoms with Crippen molar-refractivity contribution in [3.8, 4) is 11.5 Å². The summed E-state index contributed by atoms with van der Waals surface area (Å²) >= 11 is 5.92. The van der Waals surface area contributed by atoms with Crippen LogP contribution in [0.2, 0.25) is 5.02 Å². The summed E-state index contributed by atoms with van der Waals surface area (Å²) in [5.41, 5.74) is 3.73. The van der Waals surface area contributed by atoms with Gasteiger partial charge in [-0.25, -0.2) is 0 Å². The first-order valence-corrected chi connectivity index (χ1v) is 11.3. The normalized spacial score (nSPS) is 10.8. The Morgan fingerprint density at radius 3 is 2.30 bits per heavy atom. The monoisotopic (exact) mass is 464 g/mol. The van der Waals surface area contributed by atoms with Crippen LogP contribution in [0.3, 0.4) is 0 Å². The third-order valence-corrected chi connectivity index (χ3v) is 5.44. The second-order valence-electron chi connectivity index (χ2n) is 7.37. The van der Waals surface area contributed by atoms with Crippen LogP contribution in [0, 0.1) is 0 Å². The summed E-state index contributed by atoms with van der Waals surface area (Å²) in [7, 11) is 1.59. The van der Waals surface area contributed by atoms with E-state index in [0.717, 1.165) is 35.6 Å². The van der Waals surface area contributed by atoms with E-state index in [1.807, 2.05) is 66.7 Å². The number of hydrogen-bond acceptors (Lipinski definition) is 4. The Labute approximate surface area is 200 Å². The predicted molar refractivity (Wildman–Crippen MR) is 136 cm³/mol. The molecule has 0 aliphatic carbocycles. The van der Waals surface area contributed by atoms with Crippen molar-refractivity contribution in [1.29, 1.82) is 0 Å². The molecule has 0 unspecified atom stereocenters. The number of nitrogens with one attached hydrogen (secondary N) is 1. The van der Waals surface area contributed by atoms with Gasteiger partial charge in [0.2, 0.25) is 5.91 Å². The van der Waals surface area contributed by atoms with E-state index in [2.05, 4.69) is 24.1 Å². The van der Waals surface area contributed by atoms with Gasteiger partial charge in [-0.15, -0.1) is 0 Å². The number of carbonyl (C=O) groups excluding carboxylic acids is 1. The third kappa shape index (κ3) is 7.02. The smallest absolute Gasteiger partial charge is 0.248 e. The fourth-order valence-electron chi connectivity index (χ4n) is 3.35. The zero-order valence-corrected chi connectivity index (χ0v) is 19.9. The summed E-state index contributed by atoms with van der Waals surface area (Å²) in [5, 5.41) is 3.58. The maximum atomic E-state index is 12.3. The molecule has 5 nitrogen and oxygen atoms in total. The maximum Gasteiger partial charge on any atom is 0.248 e. The quantitative estimate of drug-likeness (QED) is 0.351. The van der Waals surface area contributed by atoms with Crippen molar-refractivity contribution < 1.29 is 14.3 Å². The highest BCUT2D eigenvalue weighted by Gasteiger charge is 2.07. The molecule has 3 aromatic carbocycles. The third-order valence-electron chi connectivity index (χ3n) is 5.19. The summed E-state index contributed by atoms with van der Waals surface area (Å²) < 4.78 is 11.3. The lowest BCUT2D eigenvalue weighted by Crippen LogP contribution is -2.21. The van der Waals surface area contributed by atoms with E-state index in [1.165, 1.54) is 6.08 Å². The molecule has 0 radical (unpaired) electrons. The van der Waals surface area contributed by atoms with Crippen LogP contribution < -0.4 is 19.7 Å². The molecule has 0 saturated heterocycles. The standard InChI is InChI=1S/C27H29ClN2O3/c1-4-30(5-2)24-14-12-23(13-15-24)29-27(31)17-9-20-8-16-25(26(18-20)32-3)33-19-21-6-10-22(28)11-7-21/h6-18H,4-5,19H2,1-3H3,(H,29,31)/b17-9+. The highest BCUT2D eigenvalue weighted by Crippen LogP contribution is 2.29. The van der Waals surface area contributed by atoms with Crippen LogP contribution in [-0.4, -0.2) is 26.1 Å². The van der Waals surface area contributed by atoms with Gasteiger partial charge in [0.25, 0.3) is 0 Å². The minimum absolute atomic E-state index is 0.201. The molecule has 0 aliphatic rings. The van der Waals surface area contributed by atoms with Gasteiger partial charge in [0.15, 0.2) is 11.5 Å². The molecule has 6 heteroatoms. The summed E-state index contributed by atoms with van der Waals surface area (Å²) in [4.78, 5) is 14.6. The first-order chi connectivity index (χ1) is 16.0. The Kier molecular flexibility index (Phi) is 8.79. The number of carbonyl (C=O) groups is 1. The topological polar surface area (TPSA) is 50.8 Å². The summed E-state index contributed by atoms with van der Waals surface area (Å²) in [5.74, 6) is 1.02. The number of halogens is 1. The van der Waals surface area contributed by atoms with Crippen LogP contribution in [0.1, 0.15) is 25.0 Å². The van der Waals surface area contributed by atoms with E-state index in [4.69, 9.17) is 21.1 Å². The molecule has 0 saturated carbocycles. The van der Waals surface area contributed by atoms with Gasteiger partial charge in [0.05, 0.1) is 7.11 Å². The van der Waals surface area contributed by atoms with Crippen molar-refractivity contribution in [3.05, 3.63) is 89.0 Å². The molecule has 0 spiro atoms. The second kappa shape index (κ2) is 12.0. The molecular formula is C27H29ClN2O3. The number of amides is 1. The second-order valence-corrected chi connectivity index (χ2v) is 7.80. The van der Waals surface area contributed by atoms with Crippen molar-refractivity contribution in [3.63, 3.8) is 0 Å². The molecule has 0 heterocycles. The van der Waals surface area contributed by atoms with E-state index in [1.54, 1.807) is 13.2 Å². The predicted octanol–water partition coefficient (Wildman–Crippen LogP) is 6.43. The van der Waals surface area contributed by atoms with Gasteiger partial charge in [-0.3, -0.25) is 4.79 Å². The van der Waals surface area contributed by atoms with E-state index in [0.29, 0.717) is 23.1 Å². The number of anilines is 2. The van der Waals surface area contributed by atoms with Gasteiger partial charge in [-0.05, 0) is 79.6 Å². The molecule has 3 rings (SSSR count). The Balaban J connectivity index is 1.59. The van der Waals surface area contributed by atoms with Crippen LogP contribution in [0.5, 0.6) is 11.5 Å². The highest BCUT2D eigenvalue weighted by atomic mass is 35.5. The summed E-state index contributed by atoms with van der Waals surface area (Å²) in [6.45, 7) is 6.53. The van der Waals surface area contributed by atoms with E-state index < -0.39 is 0 Å². The van der Waals surface area contributed by atoms with Crippen molar-refractivity contribution in [2.75, 3.05) is 30.4 Å². The van der Waals surface area contributed by atoms with Crippen LogP contribution in [0.15, 0.2) is 72.8 Å². The van der Waals surface area contributed by atoms with E-state index >= 15 is 0 Å². The minimum atomic E-state index is -0.201. The van der Waals surface area contributed by atoms with Crippen molar-refractivity contribution in [2.24, 2.45) is 0 Å². The highest BCUT2D eigenvalue weighted by molar-refractivity contribution is 6.30. The van der Waals surface area contributed by atoms with E-state index in [-0.39, 0.29) is 5.91 Å². The lowest BCUT2D eigenvalue weighted by Gasteiger charge is -2.21. The molecule has 0 bridgehead atoms. The zero-order chi connectivity index (χ0) is 23.6. The Bertz CT molecular complexity index is 1080. The van der Waals surface area contributed by atoms with Crippen LogP contribution >= 0.6 is 11.6 Å². The Hall–Kier alpha value is -3.44. The van der Waals surface area contributed by atoms with Gasteiger partial charge >= 0.3 is 0 Å². The molecule has 1 N–H and O–H groups in total. The first-order valence-electron chi connectivity index (χ1n) is 10.9. The average Bonchev–Trinajstić information content (AvgIpc) is 2.84. The SMILES string of the molecule is CCN(CC)c1ccc(NC(=O)/C=C/c2ccc(OCc3ccc(Cl)cc3)c(OC)c2)cc1. The zero-order valence-electron chi connectivity index (χ0n) is 19.2. The Morgan fingerprint density at radius 1 is 0.970 bits per heavy atom. The molecule has 0 atom stereocenters. The van der Waals surface area contributed by atoms with Crippen molar-refractivity contribution in [2.45, 2.75) is 20.5 Å². The number of rotatable bonds is 10. The maximum absolute atomic E-state index is 12.3. The minimum Gasteiger partial charge on any atom is -0.493 e. The lowest BCUT2D eigenvalue weighted by molar-refractivity contribution is -0.111. The molecular weight excluding hydrogens is 436 g/mol. The van der Waals surface area contributed by atoms with Gasteiger partial charge < -0.3 is 19.7 Å². The average molecular weight is 465 g/mol. The van der Waals surface area contributed by atoms with Gasteiger partial charge in [0.1, 0.15) is 6.61 Å². The number of hydrogen-bond donors (Lipinski definition) is 1. The number of ether oxygens (including phenoxy) is 2. The van der Waals surface area contributed by atoms with E-state index in [9.17, 15) is 4.79 Å². The van der Waals surface area contributed by atoms with Crippen LogP contribution in [-0.2, 0) is 11.4 Å². The van der Waals surface area contributed by atoms with Crippen molar-refractivity contribution in [1.82, 2.24) is 0 Å². The molecule has 1 amide bonds. The molecule has 3 aromatic rings. The lowest BCUT2D eigenvalue weighted by atomic mass is 10.2. The largest absolute Gasteiger partial charge is 0.493 e. The summed E-state index contributed by atoms with van der Waals surface area (Å²) in [6.07, 6.45) is 3.24. The van der Waals surface area contributed by atoms with Crippen molar-refractivity contribution >= 4 is 35.0 Å². The fraction of sp³-hybridized carbons (Fsp3) is 0.222. The molecule has 172 valence electrons. The van der Waals surface area contributed by atoms with Gasteiger partial charge in [-0.1, -0.05) is 29.8 Å². The fourth-order valence-corrected chi connectivity index (χ4v) is 3.47. The molecule has 0 aliphatic heterocycles. The Morgan fingerprint density at radius 2 is 1.67 bits per heavy atom. The van der Waals surface area contributed by atoms with Crippen LogP contribution in [0.25, 0.3) is 6.08 Å². The number of methoxy groups -OCH3 is 1. The number of nitrogens with zero attached hydrogens (tertiary/aromatic N) is 1. The first kappa shape index (κ1) is 24.2. The molecule has 0 aromatic heterocycles. The number of benzene rings is 3.